The number of carbonyl (C=O) groups excluding carboxylic acids is 1. The fourth-order valence-electron chi connectivity index (χ4n) is 3.90. The zero-order chi connectivity index (χ0) is 16.4. The van der Waals surface area contributed by atoms with Crippen molar-refractivity contribution in [3.63, 3.8) is 0 Å². The molecule has 1 aliphatic carbocycles. The van der Waals surface area contributed by atoms with E-state index >= 15 is 0 Å². The number of carbonyl (C=O) groups is 1. The van der Waals surface area contributed by atoms with Crippen molar-refractivity contribution in [2.45, 2.75) is 43.9 Å². The van der Waals surface area contributed by atoms with Gasteiger partial charge in [0.05, 0.1) is 5.69 Å². The Morgan fingerprint density at radius 1 is 1.43 bits per heavy atom. The van der Waals surface area contributed by atoms with E-state index in [0.29, 0.717) is 13.0 Å². The fraction of sp³-hybridized carbons (Fsp3) is 0.706. The zero-order valence-corrected chi connectivity index (χ0v) is 14.2. The molecule has 1 atom stereocenters. The summed E-state index contributed by atoms with van der Waals surface area (Å²) in [5.74, 6) is 1.00. The molecule has 1 spiro atoms. The molecule has 1 saturated heterocycles. The van der Waals surface area contributed by atoms with Crippen molar-refractivity contribution >= 4 is 11.9 Å². The van der Waals surface area contributed by atoms with Crippen LogP contribution in [0.5, 0.6) is 0 Å². The molecule has 126 valence electrons. The van der Waals surface area contributed by atoms with Crippen LogP contribution in [0.4, 0.5) is 5.95 Å². The first-order valence-corrected chi connectivity index (χ1v) is 8.57. The molecule has 0 radical (unpaired) electrons. The van der Waals surface area contributed by atoms with E-state index in [2.05, 4.69) is 4.98 Å². The Kier molecular flexibility index (Phi) is 4.53. The number of anilines is 1. The third-order valence-corrected chi connectivity index (χ3v) is 5.15. The van der Waals surface area contributed by atoms with Crippen molar-refractivity contribution in [3.05, 3.63) is 17.5 Å². The second-order valence-electron chi connectivity index (χ2n) is 7.03. The van der Waals surface area contributed by atoms with E-state index in [1.165, 1.54) is 11.3 Å². The monoisotopic (exact) mass is 317 g/mol. The number of amides is 1. The number of likely N-dealkylation sites (tertiary alicyclic amines) is 1. The number of piperidine rings is 1. The Morgan fingerprint density at radius 2 is 2.26 bits per heavy atom. The first-order valence-electron chi connectivity index (χ1n) is 8.57. The Hall–Kier alpha value is -1.69. The van der Waals surface area contributed by atoms with Crippen molar-refractivity contribution in [3.8, 4) is 0 Å². The molecule has 1 aromatic rings. The van der Waals surface area contributed by atoms with Gasteiger partial charge in [0.2, 0.25) is 11.9 Å². The van der Waals surface area contributed by atoms with Crippen LogP contribution in [0.15, 0.2) is 6.20 Å². The molecule has 0 bridgehead atoms. The van der Waals surface area contributed by atoms with Gasteiger partial charge in [0, 0.05) is 45.2 Å². The van der Waals surface area contributed by atoms with Crippen LogP contribution in [0, 0.1) is 0 Å². The molecule has 1 aromatic heterocycles. The van der Waals surface area contributed by atoms with Gasteiger partial charge in [-0.1, -0.05) is 0 Å². The number of hydrogen-bond acceptors (Lipinski definition) is 5. The van der Waals surface area contributed by atoms with Gasteiger partial charge in [0.15, 0.2) is 0 Å². The summed E-state index contributed by atoms with van der Waals surface area (Å²) in [6.45, 7) is 2.24. The number of nitrogens with zero attached hydrogens (tertiary/aromatic N) is 4. The molecular weight excluding hydrogens is 290 g/mol. The van der Waals surface area contributed by atoms with Crippen LogP contribution in [-0.2, 0) is 16.6 Å². The molecule has 1 fully saturated rings. The molecular formula is C17H27N5O. The largest absolute Gasteiger partial charge is 0.347 e. The molecule has 0 saturated carbocycles. The minimum atomic E-state index is 0.0274. The lowest BCUT2D eigenvalue weighted by atomic mass is 9.77. The minimum Gasteiger partial charge on any atom is -0.347 e. The van der Waals surface area contributed by atoms with Crippen molar-refractivity contribution in [1.82, 2.24) is 14.9 Å². The molecule has 6 nitrogen and oxygen atoms in total. The second-order valence-corrected chi connectivity index (χ2v) is 7.03. The van der Waals surface area contributed by atoms with Gasteiger partial charge in [0.1, 0.15) is 0 Å². The van der Waals surface area contributed by atoms with Crippen LogP contribution in [-0.4, -0.2) is 54.5 Å². The summed E-state index contributed by atoms with van der Waals surface area (Å²) >= 11 is 0. The van der Waals surface area contributed by atoms with Gasteiger partial charge < -0.3 is 15.5 Å². The van der Waals surface area contributed by atoms with Crippen molar-refractivity contribution < 1.29 is 4.79 Å². The highest BCUT2D eigenvalue weighted by Gasteiger charge is 2.44. The van der Waals surface area contributed by atoms with Gasteiger partial charge in [-0.05, 0) is 44.2 Å². The van der Waals surface area contributed by atoms with E-state index in [1.807, 2.05) is 30.1 Å². The van der Waals surface area contributed by atoms with Crippen LogP contribution < -0.4 is 10.6 Å². The predicted molar refractivity (Wildman–Crippen MR) is 90.5 cm³/mol. The van der Waals surface area contributed by atoms with E-state index in [1.54, 1.807) is 0 Å². The predicted octanol–water partition coefficient (Wildman–Crippen LogP) is 1.09. The lowest BCUT2D eigenvalue weighted by molar-refractivity contribution is -0.133. The topological polar surface area (TPSA) is 75.4 Å². The maximum Gasteiger partial charge on any atom is 0.225 e. The van der Waals surface area contributed by atoms with E-state index in [4.69, 9.17) is 10.7 Å². The van der Waals surface area contributed by atoms with Gasteiger partial charge in [-0.3, -0.25) is 4.79 Å². The van der Waals surface area contributed by atoms with Gasteiger partial charge in [-0.25, -0.2) is 9.97 Å². The summed E-state index contributed by atoms with van der Waals surface area (Å²) in [6.07, 6.45) is 7.57. The summed E-state index contributed by atoms with van der Waals surface area (Å²) in [4.78, 5) is 25.7. The third kappa shape index (κ3) is 3.04. The Morgan fingerprint density at radius 3 is 3.00 bits per heavy atom. The molecule has 2 heterocycles. The van der Waals surface area contributed by atoms with Crippen molar-refractivity contribution in [2.75, 3.05) is 38.6 Å². The van der Waals surface area contributed by atoms with E-state index in [9.17, 15) is 4.79 Å². The quantitative estimate of drug-likeness (QED) is 0.899. The normalized spacial score (nSPS) is 23.2. The van der Waals surface area contributed by atoms with Crippen molar-refractivity contribution in [2.24, 2.45) is 5.73 Å². The van der Waals surface area contributed by atoms with Gasteiger partial charge in [0.25, 0.3) is 0 Å². The standard InChI is InChI=1S/C17H27N5O/c1-21(2)16-19-11-13-6-8-17(15(13)20-16)7-4-10-22(12-17)14(23)5-3-9-18/h11H,3-10,12,18H2,1-2H3. The zero-order valence-electron chi connectivity index (χ0n) is 14.2. The summed E-state index contributed by atoms with van der Waals surface area (Å²) < 4.78 is 0. The second kappa shape index (κ2) is 6.43. The minimum absolute atomic E-state index is 0.0274. The molecule has 2 aliphatic rings. The lowest BCUT2D eigenvalue weighted by Crippen LogP contribution is -2.48. The molecule has 3 rings (SSSR count). The van der Waals surface area contributed by atoms with Crippen LogP contribution in [0.1, 0.15) is 43.4 Å². The average molecular weight is 317 g/mol. The number of aromatic nitrogens is 2. The summed E-state index contributed by atoms with van der Waals surface area (Å²) in [6, 6.07) is 0. The van der Waals surface area contributed by atoms with Crippen LogP contribution in [0.25, 0.3) is 0 Å². The maximum absolute atomic E-state index is 12.4. The highest BCUT2D eigenvalue weighted by molar-refractivity contribution is 5.76. The van der Waals surface area contributed by atoms with E-state index in [-0.39, 0.29) is 11.3 Å². The molecule has 6 heteroatoms. The van der Waals surface area contributed by atoms with E-state index < -0.39 is 0 Å². The highest BCUT2D eigenvalue weighted by Crippen LogP contribution is 2.44. The van der Waals surface area contributed by atoms with E-state index in [0.717, 1.165) is 51.1 Å². The SMILES string of the molecule is CN(C)c1ncc2c(n1)C1(CCCN(C(=O)CCCN)C1)CC2. The molecule has 1 amide bonds. The highest BCUT2D eigenvalue weighted by atomic mass is 16.2. The summed E-state index contributed by atoms with van der Waals surface area (Å²) in [5.41, 5.74) is 8.00. The molecule has 23 heavy (non-hydrogen) atoms. The van der Waals surface area contributed by atoms with Gasteiger partial charge >= 0.3 is 0 Å². The maximum atomic E-state index is 12.4. The summed E-state index contributed by atoms with van der Waals surface area (Å²) in [5, 5.41) is 0. The third-order valence-electron chi connectivity index (χ3n) is 5.15. The van der Waals surface area contributed by atoms with Gasteiger partial charge in [-0.15, -0.1) is 0 Å². The smallest absolute Gasteiger partial charge is 0.225 e. The van der Waals surface area contributed by atoms with Crippen LogP contribution in [0.2, 0.25) is 0 Å². The number of fused-ring (bicyclic) bond motifs is 2. The Labute approximate surface area is 138 Å². The molecule has 1 aliphatic heterocycles. The average Bonchev–Trinajstić information content (AvgIpc) is 2.90. The first-order chi connectivity index (χ1) is 11.1. The lowest BCUT2D eigenvalue weighted by Gasteiger charge is -2.40. The number of aryl methyl sites for hydroxylation is 1. The Bertz CT molecular complexity index is 584. The number of nitrogens with two attached hydrogens (primary N) is 1. The molecule has 1 unspecified atom stereocenters. The first kappa shape index (κ1) is 16.2. The molecule has 2 N–H and O–H groups in total. The number of rotatable bonds is 4. The molecule has 0 aromatic carbocycles. The van der Waals surface area contributed by atoms with Crippen LogP contribution >= 0.6 is 0 Å². The number of hydrogen-bond donors (Lipinski definition) is 1. The van der Waals surface area contributed by atoms with Crippen LogP contribution in [0.3, 0.4) is 0 Å². The Balaban J connectivity index is 1.83. The van der Waals surface area contributed by atoms with Gasteiger partial charge in [-0.2, -0.15) is 0 Å². The fourth-order valence-corrected chi connectivity index (χ4v) is 3.90. The summed E-state index contributed by atoms with van der Waals surface area (Å²) in [7, 11) is 3.93. The van der Waals surface area contributed by atoms with Crippen molar-refractivity contribution in [1.29, 1.82) is 0 Å².